The van der Waals surface area contributed by atoms with Gasteiger partial charge in [-0.25, -0.2) is 0 Å². The highest BCUT2D eigenvalue weighted by Crippen LogP contribution is 2.28. The lowest BCUT2D eigenvalue weighted by molar-refractivity contribution is -0.144. The van der Waals surface area contributed by atoms with Gasteiger partial charge < -0.3 is 46.2 Å². The minimum absolute atomic E-state index is 0.00407. The van der Waals surface area contributed by atoms with Crippen LogP contribution in [0.15, 0.2) is 72.8 Å². The van der Waals surface area contributed by atoms with Gasteiger partial charge in [0.15, 0.2) is 0 Å². The summed E-state index contributed by atoms with van der Waals surface area (Å²) in [5, 5.41) is 43.0. The predicted molar refractivity (Wildman–Crippen MR) is 216 cm³/mol. The van der Waals surface area contributed by atoms with Crippen LogP contribution in [0, 0.1) is 35.5 Å². The Labute approximate surface area is 334 Å². The molecule has 0 aromatic heterocycles. The SMILES string of the molecule is O=C(O)C(Cc1cccc(CN(CCOc2cccc(CC(C(=O)O)C3CCNC3)c2)C(=O)CNc2cccc(CC(C(=O)O)C3CCNC3)c2)c1)C1CCNC1. The summed E-state index contributed by atoms with van der Waals surface area (Å²) < 4.78 is 6.17. The van der Waals surface area contributed by atoms with Gasteiger partial charge in [-0.3, -0.25) is 19.2 Å². The Morgan fingerprint density at radius 3 is 1.63 bits per heavy atom. The molecule has 3 heterocycles. The molecule has 3 saturated heterocycles. The molecule has 0 saturated carbocycles. The Balaban J connectivity index is 1.12. The van der Waals surface area contributed by atoms with Gasteiger partial charge in [0.05, 0.1) is 30.8 Å². The van der Waals surface area contributed by atoms with Crippen LogP contribution in [0.2, 0.25) is 0 Å². The molecule has 0 spiro atoms. The van der Waals surface area contributed by atoms with E-state index in [1.165, 1.54) is 0 Å². The number of carbonyl (C=O) groups is 4. The van der Waals surface area contributed by atoms with E-state index in [1.54, 1.807) is 4.90 Å². The molecule has 13 heteroatoms. The van der Waals surface area contributed by atoms with Crippen LogP contribution in [-0.4, -0.2) is 103 Å². The van der Waals surface area contributed by atoms with E-state index >= 15 is 0 Å². The number of anilines is 1. The normalized spacial score (nSPS) is 20.7. The molecule has 13 nitrogen and oxygen atoms in total. The Morgan fingerprint density at radius 1 is 0.649 bits per heavy atom. The van der Waals surface area contributed by atoms with E-state index in [2.05, 4.69) is 21.3 Å². The molecule has 57 heavy (non-hydrogen) atoms. The second-order valence-corrected chi connectivity index (χ2v) is 15.9. The van der Waals surface area contributed by atoms with Crippen LogP contribution in [0.5, 0.6) is 5.75 Å². The predicted octanol–water partition coefficient (Wildman–Crippen LogP) is 3.76. The minimum atomic E-state index is -0.801. The summed E-state index contributed by atoms with van der Waals surface area (Å²) in [6, 6.07) is 22.8. The number of carboxylic acids is 3. The van der Waals surface area contributed by atoms with Gasteiger partial charge in [0.2, 0.25) is 5.91 Å². The van der Waals surface area contributed by atoms with Crippen molar-refractivity contribution in [2.45, 2.75) is 45.1 Å². The zero-order valence-corrected chi connectivity index (χ0v) is 32.5. The van der Waals surface area contributed by atoms with Gasteiger partial charge in [0.1, 0.15) is 12.4 Å². The third kappa shape index (κ3) is 12.0. The van der Waals surface area contributed by atoms with Crippen LogP contribution < -0.4 is 26.0 Å². The summed E-state index contributed by atoms with van der Waals surface area (Å²) in [6.45, 7) is 5.28. The molecule has 0 radical (unpaired) electrons. The lowest BCUT2D eigenvalue weighted by Gasteiger charge is -2.24. The highest BCUT2D eigenvalue weighted by Gasteiger charge is 2.33. The Kier molecular flexibility index (Phi) is 14.9. The van der Waals surface area contributed by atoms with Gasteiger partial charge in [0.25, 0.3) is 0 Å². The molecule has 0 bridgehead atoms. The Bertz CT molecular complexity index is 1820. The third-order valence-corrected chi connectivity index (χ3v) is 11.9. The van der Waals surface area contributed by atoms with Crippen molar-refractivity contribution in [1.82, 2.24) is 20.9 Å². The Morgan fingerprint density at radius 2 is 1.12 bits per heavy atom. The number of carboxylic acid groups (broad SMARTS) is 3. The van der Waals surface area contributed by atoms with Gasteiger partial charge in [-0.1, -0.05) is 48.5 Å². The van der Waals surface area contributed by atoms with Crippen LogP contribution in [0.25, 0.3) is 0 Å². The molecule has 6 unspecified atom stereocenters. The molecule has 306 valence electrons. The van der Waals surface area contributed by atoms with Gasteiger partial charge >= 0.3 is 17.9 Å². The van der Waals surface area contributed by atoms with Crippen molar-refractivity contribution in [2.24, 2.45) is 35.5 Å². The van der Waals surface area contributed by atoms with Crippen LogP contribution in [0.4, 0.5) is 5.69 Å². The van der Waals surface area contributed by atoms with Crippen molar-refractivity contribution in [3.8, 4) is 5.75 Å². The van der Waals surface area contributed by atoms with E-state index in [0.717, 1.165) is 66.8 Å². The number of ether oxygens (including phenoxy) is 1. The molecular formula is C44H57N5O8. The highest BCUT2D eigenvalue weighted by molar-refractivity contribution is 5.81. The van der Waals surface area contributed by atoms with E-state index in [4.69, 9.17) is 4.74 Å². The lowest BCUT2D eigenvalue weighted by atomic mass is 9.86. The second-order valence-electron chi connectivity index (χ2n) is 15.9. The molecule has 6 atom stereocenters. The smallest absolute Gasteiger partial charge is 0.307 e. The number of nitrogens with one attached hydrogen (secondary N) is 4. The summed E-state index contributed by atoms with van der Waals surface area (Å²) in [4.78, 5) is 52.2. The fourth-order valence-electron chi connectivity index (χ4n) is 8.69. The molecule has 3 aliphatic heterocycles. The highest BCUT2D eigenvalue weighted by atomic mass is 16.5. The van der Waals surface area contributed by atoms with Gasteiger partial charge in [-0.15, -0.1) is 0 Å². The second kappa shape index (κ2) is 20.4. The average molecular weight is 784 g/mol. The largest absolute Gasteiger partial charge is 0.492 e. The van der Waals surface area contributed by atoms with Crippen molar-refractivity contribution < 1.29 is 39.2 Å². The standard InChI is InChI=1S/C44H57N5O8/c50-41(27-48-36-8-2-5-30(19-36)22-39(43(53)54)34-11-14-46-25-34)49(28-32-7-1-4-29(18-32)21-38(42(51)52)33-10-13-45-24-33)16-17-57-37-9-3-6-31(20-37)23-40(44(55)56)35-12-15-47-26-35/h1-9,18-20,33-35,38-40,45-48H,10-17,21-28H2,(H,51,52)(H,53,54)(H,55,56). The summed E-state index contributed by atoms with van der Waals surface area (Å²) in [6.07, 6.45) is 3.71. The number of aliphatic carboxylic acids is 3. The van der Waals surface area contributed by atoms with E-state index in [1.807, 2.05) is 72.8 Å². The fourth-order valence-corrected chi connectivity index (χ4v) is 8.69. The minimum Gasteiger partial charge on any atom is -0.492 e. The Hall–Kier alpha value is -4.98. The number of nitrogens with zero attached hydrogens (tertiary/aromatic N) is 1. The van der Waals surface area contributed by atoms with E-state index in [9.17, 15) is 34.5 Å². The van der Waals surface area contributed by atoms with Crippen LogP contribution in [-0.2, 0) is 45.0 Å². The van der Waals surface area contributed by atoms with Crippen LogP contribution in [0.1, 0.15) is 41.5 Å². The monoisotopic (exact) mass is 783 g/mol. The molecule has 0 aliphatic carbocycles. The molecule has 1 amide bonds. The van der Waals surface area contributed by atoms with Gasteiger partial charge in [0, 0.05) is 12.2 Å². The van der Waals surface area contributed by atoms with E-state index in [0.29, 0.717) is 44.6 Å². The van der Waals surface area contributed by atoms with E-state index in [-0.39, 0.29) is 49.9 Å². The zero-order chi connectivity index (χ0) is 40.1. The lowest BCUT2D eigenvalue weighted by Crippen LogP contribution is -2.38. The quantitative estimate of drug-likeness (QED) is 0.0830. The average Bonchev–Trinajstić information content (AvgIpc) is 4.03. The number of hydrogen-bond acceptors (Lipinski definition) is 9. The molecule has 3 aromatic carbocycles. The molecule has 6 rings (SSSR count). The van der Waals surface area contributed by atoms with E-state index < -0.39 is 35.7 Å². The maximum atomic E-state index is 14.0. The number of carbonyl (C=O) groups excluding carboxylic acids is 1. The van der Waals surface area contributed by atoms with Gasteiger partial charge in [-0.05, 0) is 142 Å². The van der Waals surface area contributed by atoms with Crippen molar-refractivity contribution in [2.75, 3.05) is 64.3 Å². The molecule has 3 aliphatic rings. The summed E-state index contributed by atoms with van der Waals surface area (Å²) in [5.74, 6) is -3.24. The number of rotatable bonds is 21. The molecule has 3 fully saturated rings. The molecule has 7 N–H and O–H groups in total. The number of amides is 1. The summed E-state index contributed by atoms with van der Waals surface area (Å²) >= 11 is 0. The van der Waals surface area contributed by atoms with Crippen LogP contribution in [0.3, 0.4) is 0 Å². The summed E-state index contributed by atoms with van der Waals surface area (Å²) in [7, 11) is 0. The first kappa shape index (κ1) is 41.6. The van der Waals surface area contributed by atoms with Gasteiger partial charge in [-0.2, -0.15) is 0 Å². The molecular weight excluding hydrogens is 727 g/mol. The third-order valence-electron chi connectivity index (χ3n) is 11.9. The van der Waals surface area contributed by atoms with Crippen molar-refractivity contribution >= 4 is 29.5 Å². The van der Waals surface area contributed by atoms with Crippen LogP contribution >= 0.6 is 0 Å². The maximum Gasteiger partial charge on any atom is 0.307 e. The first-order chi connectivity index (χ1) is 27.6. The van der Waals surface area contributed by atoms with Crippen molar-refractivity contribution in [3.05, 3.63) is 95.1 Å². The number of benzene rings is 3. The summed E-state index contributed by atoms with van der Waals surface area (Å²) in [5.41, 5.74) is 4.27. The fraction of sp³-hybridized carbons (Fsp3) is 0.500. The first-order valence-corrected chi connectivity index (χ1v) is 20.3. The molecule has 3 aromatic rings. The first-order valence-electron chi connectivity index (χ1n) is 20.3. The van der Waals surface area contributed by atoms with Crippen molar-refractivity contribution in [3.63, 3.8) is 0 Å². The zero-order valence-electron chi connectivity index (χ0n) is 32.5. The number of hydrogen-bond donors (Lipinski definition) is 7. The topological polar surface area (TPSA) is 190 Å². The van der Waals surface area contributed by atoms with Crippen molar-refractivity contribution in [1.29, 1.82) is 0 Å². The maximum absolute atomic E-state index is 14.0.